The van der Waals surface area contributed by atoms with Crippen molar-refractivity contribution < 1.29 is 4.74 Å². The number of benzene rings is 1. The molecule has 5 heteroatoms. The first-order valence-corrected chi connectivity index (χ1v) is 8.83. The van der Waals surface area contributed by atoms with E-state index in [9.17, 15) is 0 Å². The number of hydrogen-bond donors (Lipinski definition) is 0. The van der Waals surface area contributed by atoms with Gasteiger partial charge in [0.15, 0.2) is 0 Å². The van der Waals surface area contributed by atoms with Crippen LogP contribution in [0.15, 0.2) is 48.8 Å². The zero-order valence-electron chi connectivity index (χ0n) is 14.4. The largest absolute Gasteiger partial charge is 0.376 e. The minimum absolute atomic E-state index is 0.264. The summed E-state index contributed by atoms with van der Waals surface area (Å²) in [6.45, 7) is 3.64. The van der Waals surface area contributed by atoms with Crippen LogP contribution in [0.3, 0.4) is 0 Å². The van der Waals surface area contributed by atoms with Crippen LogP contribution in [0, 0.1) is 6.92 Å². The molecule has 0 aliphatic carbocycles. The van der Waals surface area contributed by atoms with Crippen LogP contribution in [0.1, 0.15) is 25.0 Å². The van der Waals surface area contributed by atoms with E-state index in [4.69, 9.17) is 4.74 Å². The van der Waals surface area contributed by atoms with Crippen molar-refractivity contribution in [3.8, 4) is 22.4 Å². The second-order valence-electron chi connectivity index (χ2n) is 6.58. The van der Waals surface area contributed by atoms with Crippen LogP contribution in [-0.4, -0.2) is 32.7 Å². The fourth-order valence-corrected chi connectivity index (χ4v) is 3.15. The molecule has 1 fully saturated rings. The molecule has 3 heterocycles. The first kappa shape index (κ1) is 16.0. The molecule has 3 aromatic rings. The molecule has 0 radical (unpaired) electrons. The van der Waals surface area contributed by atoms with Crippen LogP contribution in [0.5, 0.6) is 0 Å². The Balaban J connectivity index is 1.47. The smallest absolute Gasteiger partial charge is 0.113 e. The van der Waals surface area contributed by atoms with Gasteiger partial charge in [-0.2, -0.15) is 0 Å². The van der Waals surface area contributed by atoms with E-state index in [-0.39, 0.29) is 6.10 Å². The fourth-order valence-electron chi connectivity index (χ4n) is 3.15. The summed E-state index contributed by atoms with van der Waals surface area (Å²) in [5.74, 6) is 0. The van der Waals surface area contributed by atoms with E-state index in [2.05, 4.69) is 45.6 Å². The van der Waals surface area contributed by atoms with Gasteiger partial charge in [-0.1, -0.05) is 35.5 Å². The third kappa shape index (κ3) is 3.77. The van der Waals surface area contributed by atoms with Crippen molar-refractivity contribution >= 4 is 0 Å². The van der Waals surface area contributed by atoms with Crippen molar-refractivity contribution in [3.63, 3.8) is 0 Å². The molecule has 0 amide bonds. The average Bonchev–Trinajstić information content (AvgIpc) is 3.12. The summed E-state index contributed by atoms with van der Waals surface area (Å²) in [4.78, 5) is 4.36. The molecule has 0 saturated carbocycles. The highest BCUT2D eigenvalue weighted by Crippen LogP contribution is 2.23. The fraction of sp³-hybridized carbons (Fsp3) is 0.350. The molecule has 0 bridgehead atoms. The highest BCUT2D eigenvalue weighted by Gasteiger charge is 2.15. The summed E-state index contributed by atoms with van der Waals surface area (Å²) in [6.07, 6.45) is 7.68. The van der Waals surface area contributed by atoms with Gasteiger partial charge in [-0.25, -0.2) is 4.68 Å². The van der Waals surface area contributed by atoms with E-state index >= 15 is 0 Å². The van der Waals surface area contributed by atoms with Crippen molar-refractivity contribution in [1.29, 1.82) is 0 Å². The molecule has 1 aromatic carbocycles. The standard InChI is InChI=1S/C20H22N4O/c1-15-5-6-18(12-21-15)16-7-9-17(10-8-16)20-14-24(23-22-20)13-19-4-2-3-11-25-19/h5-10,12,14,19H,2-4,11,13H2,1H3. The zero-order chi connectivity index (χ0) is 17.1. The maximum Gasteiger partial charge on any atom is 0.113 e. The van der Waals surface area contributed by atoms with E-state index in [1.807, 2.05) is 30.1 Å². The van der Waals surface area contributed by atoms with Crippen LogP contribution < -0.4 is 0 Å². The number of ether oxygens (including phenoxy) is 1. The number of pyridine rings is 1. The molecule has 2 aromatic heterocycles. The summed E-state index contributed by atoms with van der Waals surface area (Å²) in [5.41, 5.74) is 5.26. The average molecular weight is 334 g/mol. The lowest BCUT2D eigenvalue weighted by Crippen LogP contribution is -2.24. The maximum absolute atomic E-state index is 5.78. The van der Waals surface area contributed by atoms with Gasteiger partial charge in [-0.05, 0) is 37.8 Å². The molecule has 1 aliphatic rings. The number of aryl methyl sites for hydroxylation is 1. The Hall–Kier alpha value is -2.53. The summed E-state index contributed by atoms with van der Waals surface area (Å²) in [6, 6.07) is 12.5. The Morgan fingerprint density at radius 1 is 1.04 bits per heavy atom. The summed E-state index contributed by atoms with van der Waals surface area (Å²) in [5, 5.41) is 8.56. The molecular formula is C20H22N4O. The monoisotopic (exact) mass is 334 g/mol. The van der Waals surface area contributed by atoms with Gasteiger partial charge in [-0.3, -0.25) is 4.98 Å². The summed E-state index contributed by atoms with van der Waals surface area (Å²) < 4.78 is 7.67. The molecule has 1 unspecified atom stereocenters. The molecule has 5 nitrogen and oxygen atoms in total. The number of hydrogen-bond acceptors (Lipinski definition) is 4. The second-order valence-corrected chi connectivity index (χ2v) is 6.58. The van der Waals surface area contributed by atoms with E-state index in [1.165, 1.54) is 12.8 Å². The SMILES string of the molecule is Cc1ccc(-c2ccc(-c3cn(CC4CCCCO4)nn3)cc2)cn1. The van der Waals surface area contributed by atoms with Gasteiger partial charge in [0.2, 0.25) is 0 Å². The van der Waals surface area contributed by atoms with Gasteiger partial charge in [-0.15, -0.1) is 5.10 Å². The summed E-state index contributed by atoms with van der Waals surface area (Å²) >= 11 is 0. The molecule has 4 rings (SSSR count). The van der Waals surface area contributed by atoms with Crippen molar-refractivity contribution in [3.05, 3.63) is 54.5 Å². The summed E-state index contributed by atoms with van der Waals surface area (Å²) in [7, 11) is 0. The van der Waals surface area contributed by atoms with Crippen LogP contribution in [0.25, 0.3) is 22.4 Å². The predicted octanol–water partition coefficient (Wildman–Crippen LogP) is 3.88. The lowest BCUT2D eigenvalue weighted by Gasteiger charge is -2.21. The Bertz CT molecular complexity index is 818. The lowest BCUT2D eigenvalue weighted by atomic mass is 10.0. The molecule has 25 heavy (non-hydrogen) atoms. The van der Waals surface area contributed by atoms with Gasteiger partial charge in [0.25, 0.3) is 0 Å². The number of aromatic nitrogens is 4. The quantitative estimate of drug-likeness (QED) is 0.726. The van der Waals surface area contributed by atoms with Gasteiger partial charge in [0, 0.05) is 29.6 Å². The normalized spacial score (nSPS) is 17.6. The third-order valence-electron chi connectivity index (χ3n) is 4.63. The van der Waals surface area contributed by atoms with Crippen molar-refractivity contribution in [2.45, 2.75) is 38.8 Å². The zero-order valence-corrected chi connectivity index (χ0v) is 14.4. The Morgan fingerprint density at radius 2 is 1.84 bits per heavy atom. The highest BCUT2D eigenvalue weighted by atomic mass is 16.5. The molecule has 0 spiro atoms. The first-order valence-electron chi connectivity index (χ1n) is 8.83. The minimum Gasteiger partial charge on any atom is -0.376 e. The maximum atomic E-state index is 5.78. The van der Waals surface area contributed by atoms with Crippen LogP contribution in [-0.2, 0) is 11.3 Å². The number of nitrogens with zero attached hydrogens (tertiary/aromatic N) is 4. The topological polar surface area (TPSA) is 52.8 Å². The third-order valence-corrected chi connectivity index (χ3v) is 4.63. The Morgan fingerprint density at radius 3 is 2.56 bits per heavy atom. The Kier molecular flexibility index (Phi) is 4.57. The van der Waals surface area contributed by atoms with Crippen molar-refractivity contribution in [2.24, 2.45) is 0 Å². The van der Waals surface area contributed by atoms with E-state index in [1.54, 1.807) is 0 Å². The highest BCUT2D eigenvalue weighted by molar-refractivity contribution is 5.67. The molecular weight excluding hydrogens is 312 g/mol. The van der Waals surface area contributed by atoms with Crippen LogP contribution in [0.2, 0.25) is 0 Å². The molecule has 1 saturated heterocycles. The van der Waals surface area contributed by atoms with Crippen molar-refractivity contribution in [1.82, 2.24) is 20.0 Å². The van der Waals surface area contributed by atoms with Gasteiger partial charge in [0.1, 0.15) is 5.69 Å². The van der Waals surface area contributed by atoms with E-state index in [0.29, 0.717) is 0 Å². The molecule has 1 aliphatic heterocycles. The number of rotatable bonds is 4. The van der Waals surface area contributed by atoms with Gasteiger partial charge < -0.3 is 4.74 Å². The van der Waals surface area contributed by atoms with E-state index < -0.39 is 0 Å². The van der Waals surface area contributed by atoms with Gasteiger partial charge in [0.05, 0.1) is 18.8 Å². The minimum atomic E-state index is 0.264. The van der Waals surface area contributed by atoms with E-state index in [0.717, 1.165) is 47.7 Å². The predicted molar refractivity (Wildman–Crippen MR) is 97.0 cm³/mol. The van der Waals surface area contributed by atoms with Gasteiger partial charge >= 0.3 is 0 Å². The van der Waals surface area contributed by atoms with Crippen LogP contribution in [0.4, 0.5) is 0 Å². The second kappa shape index (κ2) is 7.15. The first-order chi connectivity index (χ1) is 12.3. The lowest BCUT2D eigenvalue weighted by molar-refractivity contribution is 0.00370. The van der Waals surface area contributed by atoms with Crippen molar-refractivity contribution in [2.75, 3.05) is 6.61 Å². The Labute approximate surface area is 147 Å². The molecule has 1 atom stereocenters. The molecule has 128 valence electrons. The molecule has 0 N–H and O–H groups in total. The van der Waals surface area contributed by atoms with Crippen LogP contribution >= 0.6 is 0 Å².